The molecule has 0 aliphatic carbocycles. The molecule has 0 aromatic rings. The molecule has 0 N–H and O–H groups in total. The molecule has 72 valence electrons. The highest BCUT2D eigenvalue weighted by Gasteiger charge is 2.04. The molecule has 0 aromatic carbocycles. The maximum Gasteiger partial charge on any atom is 0.0360 e. The van der Waals surface area contributed by atoms with Crippen LogP contribution in [0.15, 0.2) is 15.4 Å². The van der Waals surface area contributed by atoms with Crippen molar-refractivity contribution >= 4 is 23.5 Å². The second-order valence-electron chi connectivity index (χ2n) is 2.67. The van der Waals surface area contributed by atoms with E-state index in [-0.39, 0.29) is 0 Å². The van der Waals surface area contributed by atoms with Crippen LogP contribution >= 0.6 is 23.5 Å². The first-order valence-electron chi connectivity index (χ1n) is 4.40. The standard InChI is InChI=1S/C8H13N3S2/c9-11-10-5-2-1-4-8-12-6-3-7-13-8/h4H,1-3,5-7H2. The fourth-order valence-corrected chi connectivity index (χ4v) is 3.46. The number of allylic oxidation sites excluding steroid dienone is 1. The van der Waals surface area contributed by atoms with Crippen molar-refractivity contribution in [1.29, 1.82) is 0 Å². The zero-order valence-electron chi connectivity index (χ0n) is 7.48. The van der Waals surface area contributed by atoms with Crippen LogP contribution in [-0.4, -0.2) is 18.1 Å². The van der Waals surface area contributed by atoms with Crippen LogP contribution in [0.25, 0.3) is 10.4 Å². The summed E-state index contributed by atoms with van der Waals surface area (Å²) in [4.78, 5) is 2.71. The predicted molar refractivity (Wildman–Crippen MR) is 60.9 cm³/mol. The summed E-state index contributed by atoms with van der Waals surface area (Å²) in [6, 6.07) is 0. The number of hydrogen-bond donors (Lipinski definition) is 0. The highest BCUT2D eigenvalue weighted by Crippen LogP contribution is 2.34. The molecule has 0 radical (unpaired) electrons. The van der Waals surface area contributed by atoms with Gasteiger partial charge in [-0.2, -0.15) is 0 Å². The van der Waals surface area contributed by atoms with Crippen LogP contribution in [0.5, 0.6) is 0 Å². The van der Waals surface area contributed by atoms with E-state index in [1.54, 1.807) is 0 Å². The zero-order valence-corrected chi connectivity index (χ0v) is 9.11. The lowest BCUT2D eigenvalue weighted by molar-refractivity contribution is 0.849. The highest BCUT2D eigenvalue weighted by atomic mass is 32.2. The molecule has 0 bridgehead atoms. The Balaban J connectivity index is 2.11. The van der Waals surface area contributed by atoms with E-state index in [1.165, 1.54) is 22.2 Å². The molecule has 1 aliphatic heterocycles. The lowest BCUT2D eigenvalue weighted by atomic mass is 10.3. The van der Waals surface area contributed by atoms with Crippen molar-refractivity contribution in [3.63, 3.8) is 0 Å². The van der Waals surface area contributed by atoms with Crippen LogP contribution in [-0.2, 0) is 0 Å². The van der Waals surface area contributed by atoms with Gasteiger partial charge in [0.15, 0.2) is 0 Å². The summed E-state index contributed by atoms with van der Waals surface area (Å²) in [6.07, 6.45) is 5.59. The molecule has 0 spiro atoms. The Kier molecular flexibility index (Phi) is 5.98. The van der Waals surface area contributed by atoms with Crippen LogP contribution in [0.1, 0.15) is 19.3 Å². The molecule has 1 heterocycles. The topological polar surface area (TPSA) is 48.8 Å². The molecule has 0 unspecified atom stereocenters. The monoisotopic (exact) mass is 215 g/mol. The molecule has 5 heteroatoms. The molecule has 0 atom stereocenters. The number of azide groups is 1. The normalized spacial score (nSPS) is 16.5. The Hall–Kier alpha value is -0.250. The summed E-state index contributed by atoms with van der Waals surface area (Å²) in [5.74, 6) is 2.52. The van der Waals surface area contributed by atoms with Gasteiger partial charge in [0.2, 0.25) is 0 Å². The second-order valence-corrected chi connectivity index (χ2v) is 5.20. The lowest BCUT2D eigenvalue weighted by Crippen LogP contribution is -1.91. The van der Waals surface area contributed by atoms with Gasteiger partial charge in [0.05, 0.1) is 0 Å². The predicted octanol–water partition coefficient (Wildman–Crippen LogP) is 3.79. The van der Waals surface area contributed by atoms with Gasteiger partial charge < -0.3 is 0 Å². The van der Waals surface area contributed by atoms with Crippen molar-refractivity contribution in [1.82, 2.24) is 0 Å². The number of unbranched alkanes of at least 4 members (excludes halogenated alkanes) is 1. The van der Waals surface area contributed by atoms with E-state index in [0.717, 1.165) is 12.8 Å². The SMILES string of the molecule is [N-]=[N+]=NCCCC=C1SCCCS1. The molecule has 0 saturated carbocycles. The molecule has 1 fully saturated rings. The Bertz CT molecular complexity index is 213. The van der Waals surface area contributed by atoms with Crippen LogP contribution in [0.4, 0.5) is 0 Å². The first-order valence-corrected chi connectivity index (χ1v) is 6.37. The third-order valence-corrected chi connectivity index (χ3v) is 4.21. The van der Waals surface area contributed by atoms with Crippen molar-refractivity contribution in [2.75, 3.05) is 18.1 Å². The van der Waals surface area contributed by atoms with E-state index in [2.05, 4.69) is 16.1 Å². The quantitative estimate of drug-likeness (QED) is 0.310. The molecule has 0 amide bonds. The second kappa shape index (κ2) is 7.18. The molecule has 0 aromatic heterocycles. The summed E-state index contributed by atoms with van der Waals surface area (Å²) in [6.45, 7) is 0.621. The van der Waals surface area contributed by atoms with Crippen molar-refractivity contribution in [3.8, 4) is 0 Å². The van der Waals surface area contributed by atoms with E-state index >= 15 is 0 Å². The zero-order chi connectivity index (χ0) is 9.36. The van der Waals surface area contributed by atoms with E-state index in [4.69, 9.17) is 5.53 Å². The Morgan fingerprint density at radius 3 is 2.92 bits per heavy atom. The van der Waals surface area contributed by atoms with Gasteiger partial charge in [-0.15, -0.1) is 23.5 Å². The van der Waals surface area contributed by atoms with E-state index in [0.29, 0.717) is 6.54 Å². The largest absolute Gasteiger partial charge is 0.120 e. The lowest BCUT2D eigenvalue weighted by Gasteiger charge is -2.11. The minimum atomic E-state index is 0.621. The minimum Gasteiger partial charge on any atom is -0.120 e. The molecule has 1 rings (SSSR count). The Morgan fingerprint density at radius 1 is 1.46 bits per heavy atom. The maximum atomic E-state index is 8.05. The maximum absolute atomic E-state index is 8.05. The van der Waals surface area contributed by atoms with Crippen LogP contribution in [0.3, 0.4) is 0 Å². The Labute approximate surface area is 87.0 Å². The summed E-state index contributed by atoms with van der Waals surface area (Å²) in [5.41, 5.74) is 8.05. The summed E-state index contributed by atoms with van der Waals surface area (Å²) >= 11 is 3.90. The molecule has 1 saturated heterocycles. The third kappa shape index (κ3) is 5.13. The van der Waals surface area contributed by atoms with Gasteiger partial charge in [0.25, 0.3) is 0 Å². The van der Waals surface area contributed by atoms with Gasteiger partial charge in [-0.05, 0) is 36.3 Å². The van der Waals surface area contributed by atoms with Gasteiger partial charge in [-0.25, -0.2) is 0 Å². The first kappa shape index (κ1) is 10.8. The summed E-state index contributed by atoms with van der Waals surface area (Å²) < 4.78 is 1.45. The van der Waals surface area contributed by atoms with E-state index < -0.39 is 0 Å². The molecule has 1 aliphatic rings. The van der Waals surface area contributed by atoms with E-state index in [1.807, 2.05) is 23.5 Å². The van der Waals surface area contributed by atoms with Crippen molar-refractivity contribution < 1.29 is 0 Å². The van der Waals surface area contributed by atoms with Crippen LogP contribution in [0, 0.1) is 0 Å². The first-order chi connectivity index (χ1) is 6.43. The van der Waals surface area contributed by atoms with Gasteiger partial charge >= 0.3 is 0 Å². The average molecular weight is 215 g/mol. The number of hydrogen-bond acceptors (Lipinski definition) is 3. The van der Waals surface area contributed by atoms with Gasteiger partial charge in [0.1, 0.15) is 0 Å². The fraction of sp³-hybridized carbons (Fsp3) is 0.750. The summed E-state index contributed by atoms with van der Waals surface area (Å²) in [5, 5.41) is 3.49. The van der Waals surface area contributed by atoms with Gasteiger partial charge in [-0.3, -0.25) is 0 Å². The average Bonchev–Trinajstić information content (AvgIpc) is 2.19. The molecule has 3 nitrogen and oxygen atoms in total. The van der Waals surface area contributed by atoms with Gasteiger partial charge in [0, 0.05) is 15.7 Å². The van der Waals surface area contributed by atoms with Crippen molar-refractivity contribution in [2.24, 2.45) is 5.11 Å². The summed E-state index contributed by atoms with van der Waals surface area (Å²) in [7, 11) is 0. The molecule has 13 heavy (non-hydrogen) atoms. The van der Waals surface area contributed by atoms with Crippen LogP contribution in [0.2, 0.25) is 0 Å². The van der Waals surface area contributed by atoms with Crippen LogP contribution < -0.4 is 0 Å². The molecular weight excluding hydrogens is 202 g/mol. The number of rotatable bonds is 4. The van der Waals surface area contributed by atoms with E-state index in [9.17, 15) is 0 Å². The highest BCUT2D eigenvalue weighted by molar-refractivity contribution is 8.22. The van der Waals surface area contributed by atoms with Gasteiger partial charge in [-0.1, -0.05) is 11.2 Å². The minimum absolute atomic E-state index is 0.621. The smallest absolute Gasteiger partial charge is 0.0360 e. The van der Waals surface area contributed by atoms with Crippen molar-refractivity contribution in [2.45, 2.75) is 19.3 Å². The number of thioether (sulfide) groups is 2. The Morgan fingerprint density at radius 2 is 2.23 bits per heavy atom. The molecular formula is C8H13N3S2. The third-order valence-electron chi connectivity index (χ3n) is 1.61. The van der Waals surface area contributed by atoms with Crippen molar-refractivity contribution in [3.05, 3.63) is 20.8 Å². The fourth-order valence-electron chi connectivity index (χ4n) is 0.991. The number of nitrogens with zero attached hydrogens (tertiary/aromatic N) is 3.